The van der Waals surface area contributed by atoms with Crippen LogP contribution in [0, 0.1) is 11.8 Å². The Balaban J connectivity index is 1.80. The summed E-state index contributed by atoms with van der Waals surface area (Å²) in [6, 6.07) is 15.9. The maximum atomic E-state index is 13.3. The summed E-state index contributed by atoms with van der Waals surface area (Å²) < 4.78 is 0. The van der Waals surface area contributed by atoms with Gasteiger partial charge in [0.1, 0.15) is 0 Å². The van der Waals surface area contributed by atoms with Crippen LogP contribution in [0.5, 0.6) is 0 Å². The predicted octanol–water partition coefficient (Wildman–Crippen LogP) is 5.34. The number of hydrogen-bond donors (Lipinski definition) is 3. The van der Waals surface area contributed by atoms with Crippen molar-refractivity contribution in [2.75, 3.05) is 23.8 Å². The van der Waals surface area contributed by atoms with Gasteiger partial charge in [-0.05, 0) is 54.9 Å². The van der Waals surface area contributed by atoms with Gasteiger partial charge in [0.05, 0.1) is 11.4 Å². The molecule has 2 amide bonds. The topological polar surface area (TPSA) is 87.5 Å². The molecule has 0 aromatic heterocycles. The average molecular weight is 479 g/mol. The van der Waals surface area contributed by atoms with Gasteiger partial charge in [-0.15, -0.1) is 0 Å². The second kappa shape index (κ2) is 13.2. The maximum Gasteiger partial charge on any atom is 0.251 e. The Morgan fingerprint density at radius 1 is 1.06 bits per heavy atom. The number of nitrogens with one attached hydrogen (secondary N) is 2. The van der Waals surface area contributed by atoms with Crippen LogP contribution in [-0.4, -0.2) is 31.4 Å². The van der Waals surface area contributed by atoms with Crippen LogP contribution in [0.1, 0.15) is 74.7 Å². The van der Waals surface area contributed by atoms with E-state index in [2.05, 4.69) is 48.6 Å². The number of nitrogens with zero attached hydrogens (tertiary/aromatic N) is 1. The molecule has 1 atom stereocenters. The number of anilines is 2. The van der Waals surface area contributed by atoms with Crippen molar-refractivity contribution in [3.63, 3.8) is 0 Å². The van der Waals surface area contributed by atoms with E-state index < -0.39 is 0 Å². The standard InChI is InChI=1S/C29H42N4O2/c1-21(2)16-17-33(3)27-15-14-24(18-26(27)31-20-22-10-6-4-7-11-22)29(35)32-25(19-28(30)34)23-12-8-5-9-13-23/h4,6-7,10-11,14-15,18,21,23,25,31H,5,8-9,12-13,16-17,19-20H2,1-3H3,(H2,30,34)(H,32,35). The molecule has 3 rings (SSSR count). The first-order chi connectivity index (χ1) is 16.8. The van der Waals surface area contributed by atoms with Gasteiger partial charge in [0.2, 0.25) is 5.91 Å². The van der Waals surface area contributed by atoms with E-state index in [0.717, 1.165) is 50.0 Å². The average Bonchev–Trinajstić information content (AvgIpc) is 2.86. The van der Waals surface area contributed by atoms with E-state index in [-0.39, 0.29) is 24.3 Å². The fourth-order valence-electron chi connectivity index (χ4n) is 4.86. The lowest BCUT2D eigenvalue weighted by Crippen LogP contribution is -2.43. The summed E-state index contributed by atoms with van der Waals surface area (Å²) in [4.78, 5) is 27.3. The first kappa shape index (κ1) is 26.6. The molecule has 6 heteroatoms. The molecule has 0 saturated heterocycles. The van der Waals surface area contributed by atoms with Crippen molar-refractivity contribution in [2.45, 2.75) is 71.4 Å². The number of benzene rings is 2. The Labute approximate surface area is 210 Å². The third-order valence-electron chi connectivity index (χ3n) is 6.99. The highest BCUT2D eigenvalue weighted by atomic mass is 16.2. The number of amides is 2. The van der Waals surface area contributed by atoms with Gasteiger partial charge in [-0.1, -0.05) is 63.4 Å². The Kier molecular flexibility index (Phi) is 10.0. The predicted molar refractivity (Wildman–Crippen MR) is 145 cm³/mol. The number of hydrogen-bond acceptors (Lipinski definition) is 4. The summed E-state index contributed by atoms with van der Waals surface area (Å²) in [5.41, 5.74) is 9.29. The first-order valence-corrected chi connectivity index (χ1v) is 13.1. The summed E-state index contributed by atoms with van der Waals surface area (Å²) in [6.45, 7) is 6.06. The molecule has 35 heavy (non-hydrogen) atoms. The van der Waals surface area contributed by atoms with Crippen molar-refractivity contribution in [3.8, 4) is 0 Å². The van der Waals surface area contributed by atoms with Gasteiger partial charge in [0.15, 0.2) is 0 Å². The molecule has 1 aliphatic rings. The number of primary amides is 1. The molecule has 1 unspecified atom stereocenters. The molecule has 190 valence electrons. The number of carbonyl (C=O) groups is 2. The Morgan fingerprint density at radius 2 is 1.77 bits per heavy atom. The smallest absolute Gasteiger partial charge is 0.251 e. The Hall–Kier alpha value is -3.02. The third-order valence-corrected chi connectivity index (χ3v) is 6.99. The molecule has 0 heterocycles. The fraction of sp³-hybridized carbons (Fsp3) is 0.517. The number of carbonyl (C=O) groups excluding carboxylic acids is 2. The highest BCUT2D eigenvalue weighted by Crippen LogP contribution is 2.30. The van der Waals surface area contributed by atoms with E-state index in [9.17, 15) is 9.59 Å². The van der Waals surface area contributed by atoms with E-state index >= 15 is 0 Å². The zero-order valence-electron chi connectivity index (χ0n) is 21.6. The van der Waals surface area contributed by atoms with Gasteiger partial charge in [-0.25, -0.2) is 0 Å². The molecule has 1 saturated carbocycles. The summed E-state index contributed by atoms with van der Waals surface area (Å²) >= 11 is 0. The highest BCUT2D eigenvalue weighted by molar-refractivity contribution is 5.97. The molecular weight excluding hydrogens is 436 g/mol. The van der Waals surface area contributed by atoms with Gasteiger partial charge in [0, 0.05) is 38.2 Å². The molecule has 2 aromatic carbocycles. The van der Waals surface area contributed by atoms with Crippen LogP contribution in [0.15, 0.2) is 48.5 Å². The van der Waals surface area contributed by atoms with E-state index in [1.165, 1.54) is 12.0 Å². The molecule has 2 aromatic rings. The van der Waals surface area contributed by atoms with Crippen LogP contribution in [0.4, 0.5) is 11.4 Å². The normalized spacial score (nSPS) is 15.0. The number of rotatable bonds is 12. The van der Waals surface area contributed by atoms with E-state index in [1.54, 1.807) is 0 Å². The zero-order chi connectivity index (χ0) is 25.2. The van der Waals surface area contributed by atoms with Crippen LogP contribution in [0.25, 0.3) is 0 Å². The molecule has 0 aliphatic heterocycles. The lowest BCUT2D eigenvalue weighted by atomic mass is 9.82. The van der Waals surface area contributed by atoms with Crippen LogP contribution in [0.2, 0.25) is 0 Å². The minimum Gasteiger partial charge on any atom is -0.379 e. The van der Waals surface area contributed by atoms with E-state index in [4.69, 9.17) is 5.73 Å². The lowest BCUT2D eigenvalue weighted by molar-refractivity contribution is -0.118. The fourth-order valence-corrected chi connectivity index (χ4v) is 4.86. The molecule has 4 N–H and O–H groups in total. The van der Waals surface area contributed by atoms with Crippen LogP contribution < -0.4 is 21.3 Å². The van der Waals surface area contributed by atoms with Crippen molar-refractivity contribution in [3.05, 3.63) is 59.7 Å². The molecule has 1 fully saturated rings. The Morgan fingerprint density at radius 3 is 2.43 bits per heavy atom. The molecule has 0 bridgehead atoms. The van der Waals surface area contributed by atoms with Crippen LogP contribution >= 0.6 is 0 Å². The molecule has 0 radical (unpaired) electrons. The zero-order valence-corrected chi connectivity index (χ0v) is 21.6. The minimum atomic E-state index is -0.367. The molecule has 6 nitrogen and oxygen atoms in total. The SMILES string of the molecule is CC(C)CCN(C)c1ccc(C(=O)NC(CC(N)=O)C2CCCCC2)cc1NCc1ccccc1. The van der Waals surface area contributed by atoms with Gasteiger partial charge in [-0.2, -0.15) is 0 Å². The third kappa shape index (κ3) is 8.30. The van der Waals surface area contributed by atoms with Gasteiger partial charge < -0.3 is 21.3 Å². The maximum absolute atomic E-state index is 13.3. The van der Waals surface area contributed by atoms with E-state index in [1.807, 2.05) is 36.4 Å². The molecule has 0 spiro atoms. The number of nitrogens with two attached hydrogens (primary N) is 1. The van der Waals surface area contributed by atoms with Crippen molar-refractivity contribution in [1.82, 2.24) is 5.32 Å². The van der Waals surface area contributed by atoms with Crippen LogP contribution in [0.3, 0.4) is 0 Å². The van der Waals surface area contributed by atoms with Crippen molar-refractivity contribution in [2.24, 2.45) is 17.6 Å². The van der Waals surface area contributed by atoms with Crippen LogP contribution in [-0.2, 0) is 11.3 Å². The van der Waals surface area contributed by atoms with Crippen molar-refractivity contribution < 1.29 is 9.59 Å². The summed E-state index contributed by atoms with van der Waals surface area (Å²) in [5.74, 6) is 0.400. The first-order valence-electron chi connectivity index (χ1n) is 13.1. The van der Waals surface area contributed by atoms with Gasteiger partial charge in [-0.3, -0.25) is 9.59 Å². The molecular formula is C29H42N4O2. The van der Waals surface area contributed by atoms with E-state index in [0.29, 0.717) is 23.9 Å². The Bertz CT molecular complexity index is 954. The summed E-state index contributed by atoms with van der Waals surface area (Å²) in [6.07, 6.45) is 6.83. The summed E-state index contributed by atoms with van der Waals surface area (Å²) in [7, 11) is 2.09. The quantitative estimate of drug-likeness (QED) is 0.384. The molecule has 1 aliphatic carbocycles. The lowest BCUT2D eigenvalue weighted by Gasteiger charge is -2.30. The van der Waals surface area contributed by atoms with Crippen molar-refractivity contribution in [1.29, 1.82) is 0 Å². The van der Waals surface area contributed by atoms with Gasteiger partial charge in [0.25, 0.3) is 5.91 Å². The second-order valence-corrected chi connectivity index (χ2v) is 10.3. The highest BCUT2D eigenvalue weighted by Gasteiger charge is 2.27. The van der Waals surface area contributed by atoms with Gasteiger partial charge >= 0.3 is 0 Å². The largest absolute Gasteiger partial charge is 0.379 e. The van der Waals surface area contributed by atoms with Crippen molar-refractivity contribution >= 4 is 23.2 Å². The minimum absolute atomic E-state index is 0.152. The second-order valence-electron chi connectivity index (χ2n) is 10.3. The summed E-state index contributed by atoms with van der Waals surface area (Å²) in [5, 5.41) is 6.69. The monoisotopic (exact) mass is 478 g/mol.